The van der Waals surface area contributed by atoms with Gasteiger partial charge in [-0.1, -0.05) is 13.8 Å². The number of aromatic nitrogens is 2. The van der Waals surface area contributed by atoms with Gasteiger partial charge in [-0.05, 0) is 11.5 Å². The average molecular weight is 294 g/mol. The van der Waals surface area contributed by atoms with Gasteiger partial charge in [-0.3, -0.25) is 5.43 Å². The first kappa shape index (κ1) is 13.5. The van der Waals surface area contributed by atoms with Gasteiger partial charge in [-0.15, -0.1) is 11.3 Å². The monoisotopic (exact) mass is 294 g/mol. The van der Waals surface area contributed by atoms with Crippen LogP contribution in [0.5, 0.6) is 0 Å². The van der Waals surface area contributed by atoms with Gasteiger partial charge in [0.2, 0.25) is 5.95 Å². The van der Waals surface area contributed by atoms with Gasteiger partial charge in [0, 0.05) is 11.3 Å². The van der Waals surface area contributed by atoms with Crippen LogP contribution in [0.2, 0.25) is 0 Å². The Bertz CT molecular complexity index is 640. The summed E-state index contributed by atoms with van der Waals surface area (Å²) in [7, 11) is 0. The van der Waals surface area contributed by atoms with Gasteiger partial charge < -0.3 is 10.2 Å². The summed E-state index contributed by atoms with van der Waals surface area (Å²) >= 11 is 1.61. The molecule has 3 rings (SSSR count). The molecule has 1 atom stereocenters. The van der Waals surface area contributed by atoms with Crippen LogP contribution in [0.1, 0.15) is 24.3 Å². The van der Waals surface area contributed by atoms with E-state index in [-0.39, 0.29) is 6.10 Å². The highest BCUT2D eigenvalue weighted by Gasteiger charge is 2.27. The number of nitrogens with one attached hydrogen (secondary N) is 2. The Labute approximate surface area is 120 Å². The molecule has 0 radical (unpaired) electrons. The number of nitrogens with two attached hydrogens (primary N) is 2. The summed E-state index contributed by atoms with van der Waals surface area (Å²) in [6.45, 7) is 4.95. The Kier molecular flexibility index (Phi) is 3.47. The molecule has 0 aliphatic carbocycles. The lowest BCUT2D eigenvalue weighted by atomic mass is 9.95. The number of fused-ring (bicyclic) bond motifs is 3. The Hall–Kier alpha value is -1.48. The molecule has 6 N–H and O–H groups in total. The lowest BCUT2D eigenvalue weighted by Gasteiger charge is -2.26. The molecule has 2 aromatic rings. The number of nitrogen functional groups attached to an aromatic ring is 2. The fraction of sp³-hybridized carbons (Fsp3) is 0.500. The zero-order valence-electron chi connectivity index (χ0n) is 11.4. The zero-order valence-corrected chi connectivity index (χ0v) is 12.3. The van der Waals surface area contributed by atoms with Crippen LogP contribution in [-0.2, 0) is 17.8 Å². The maximum atomic E-state index is 5.90. The molecule has 0 spiro atoms. The molecule has 0 fully saturated rings. The molecule has 7 nitrogen and oxygen atoms in total. The lowest BCUT2D eigenvalue weighted by Crippen LogP contribution is -2.26. The quantitative estimate of drug-likeness (QED) is 0.499. The van der Waals surface area contributed by atoms with Crippen LogP contribution in [0.3, 0.4) is 0 Å². The third kappa shape index (κ3) is 2.10. The molecule has 0 saturated carbocycles. The minimum Gasteiger partial charge on any atom is -0.372 e. The van der Waals surface area contributed by atoms with Crippen LogP contribution in [0.15, 0.2) is 0 Å². The molecule has 108 valence electrons. The molecule has 0 bridgehead atoms. The first-order valence-electron chi connectivity index (χ1n) is 6.51. The molecule has 0 saturated heterocycles. The topological polar surface area (TPSA) is 111 Å². The van der Waals surface area contributed by atoms with Gasteiger partial charge in [-0.25, -0.2) is 16.7 Å². The molecular formula is C12H18N6OS. The third-order valence-corrected chi connectivity index (χ3v) is 4.68. The molecule has 0 aromatic carbocycles. The second kappa shape index (κ2) is 5.13. The van der Waals surface area contributed by atoms with Crippen molar-refractivity contribution in [3.05, 3.63) is 10.4 Å². The van der Waals surface area contributed by atoms with E-state index in [1.165, 1.54) is 10.4 Å². The molecule has 8 heteroatoms. The van der Waals surface area contributed by atoms with E-state index in [2.05, 4.69) is 34.7 Å². The summed E-state index contributed by atoms with van der Waals surface area (Å²) in [6.07, 6.45) is 1.08. The maximum absolute atomic E-state index is 5.90. The number of thiophene rings is 1. The fourth-order valence-electron chi connectivity index (χ4n) is 2.48. The lowest BCUT2D eigenvalue weighted by molar-refractivity contribution is 0.00203. The number of nitrogens with zero attached hydrogens (tertiary/aromatic N) is 2. The van der Waals surface area contributed by atoms with Gasteiger partial charge in [0.1, 0.15) is 4.83 Å². The number of rotatable bonds is 3. The van der Waals surface area contributed by atoms with Crippen LogP contribution >= 0.6 is 11.3 Å². The van der Waals surface area contributed by atoms with Gasteiger partial charge in [0.15, 0.2) is 5.82 Å². The predicted molar refractivity (Wildman–Crippen MR) is 80.2 cm³/mol. The smallest absolute Gasteiger partial charge is 0.240 e. The largest absolute Gasteiger partial charge is 0.372 e. The van der Waals surface area contributed by atoms with E-state index in [9.17, 15) is 0 Å². The normalized spacial score (nSPS) is 18.4. The second-order valence-electron chi connectivity index (χ2n) is 5.17. The summed E-state index contributed by atoms with van der Waals surface area (Å²) in [6, 6.07) is 0. The third-order valence-electron chi connectivity index (χ3n) is 3.58. The van der Waals surface area contributed by atoms with Crippen LogP contribution in [0, 0.1) is 5.92 Å². The van der Waals surface area contributed by atoms with Gasteiger partial charge >= 0.3 is 0 Å². The standard InChI is InChI=1S/C12H18N6OS/c1-5(2)7-3-6-8(4-19-7)20-11-9(6)10(17-13)15-12(16-11)18-14/h5,7H,3-4,13-14H2,1-2H3,(H2,15,16,17,18)/t7-/m1/s1. The van der Waals surface area contributed by atoms with E-state index in [1.54, 1.807) is 11.3 Å². The van der Waals surface area contributed by atoms with Gasteiger partial charge in [0.25, 0.3) is 0 Å². The van der Waals surface area contributed by atoms with Crippen molar-refractivity contribution in [2.24, 2.45) is 17.6 Å². The molecular weight excluding hydrogens is 276 g/mol. The van der Waals surface area contributed by atoms with E-state index in [0.717, 1.165) is 16.6 Å². The molecule has 1 aliphatic rings. The average Bonchev–Trinajstić information content (AvgIpc) is 2.83. The molecule has 2 aromatic heterocycles. The van der Waals surface area contributed by atoms with E-state index < -0.39 is 0 Å². The first-order valence-corrected chi connectivity index (χ1v) is 7.32. The number of hydrazine groups is 2. The van der Waals surface area contributed by atoms with E-state index in [0.29, 0.717) is 24.3 Å². The Morgan fingerprint density at radius 3 is 2.75 bits per heavy atom. The number of ether oxygens (including phenoxy) is 1. The van der Waals surface area contributed by atoms with Crippen molar-refractivity contribution in [2.45, 2.75) is 33.0 Å². The van der Waals surface area contributed by atoms with E-state index in [4.69, 9.17) is 16.4 Å². The zero-order chi connectivity index (χ0) is 14.3. The highest BCUT2D eigenvalue weighted by molar-refractivity contribution is 7.19. The Balaban J connectivity index is 2.15. The molecule has 20 heavy (non-hydrogen) atoms. The maximum Gasteiger partial charge on any atom is 0.240 e. The van der Waals surface area contributed by atoms with E-state index in [1.807, 2.05) is 0 Å². The number of hydrogen-bond acceptors (Lipinski definition) is 8. The summed E-state index contributed by atoms with van der Waals surface area (Å²) in [5.74, 6) is 12.4. The number of hydrogen-bond donors (Lipinski definition) is 4. The highest BCUT2D eigenvalue weighted by Crippen LogP contribution is 2.39. The van der Waals surface area contributed by atoms with Crippen molar-refractivity contribution in [3.63, 3.8) is 0 Å². The van der Waals surface area contributed by atoms with Crippen molar-refractivity contribution in [3.8, 4) is 0 Å². The first-order chi connectivity index (χ1) is 9.63. The molecule has 3 heterocycles. The fourth-order valence-corrected chi connectivity index (χ4v) is 3.60. The second-order valence-corrected chi connectivity index (χ2v) is 6.25. The summed E-state index contributed by atoms with van der Waals surface area (Å²) in [4.78, 5) is 10.7. The van der Waals surface area contributed by atoms with Gasteiger partial charge in [0.05, 0.1) is 18.1 Å². The van der Waals surface area contributed by atoms with Gasteiger partial charge in [-0.2, -0.15) is 4.98 Å². The SMILES string of the molecule is CC(C)[C@H]1Cc2c(sc3nc(NN)nc(NN)c23)CO1. The molecule has 1 aliphatic heterocycles. The highest BCUT2D eigenvalue weighted by atomic mass is 32.1. The Morgan fingerprint density at radius 1 is 1.30 bits per heavy atom. The van der Waals surface area contributed by atoms with Crippen molar-refractivity contribution in [1.82, 2.24) is 9.97 Å². The summed E-state index contributed by atoms with van der Waals surface area (Å²) < 4.78 is 5.90. The van der Waals surface area contributed by atoms with Crippen LogP contribution in [-0.4, -0.2) is 16.1 Å². The minimum atomic E-state index is 0.221. The minimum absolute atomic E-state index is 0.221. The van der Waals surface area contributed by atoms with Crippen molar-refractivity contribution >= 4 is 33.3 Å². The molecule has 0 amide bonds. The van der Waals surface area contributed by atoms with E-state index >= 15 is 0 Å². The Morgan fingerprint density at radius 2 is 2.10 bits per heavy atom. The van der Waals surface area contributed by atoms with Crippen LogP contribution < -0.4 is 22.5 Å². The van der Waals surface area contributed by atoms with Crippen molar-refractivity contribution < 1.29 is 4.74 Å². The van der Waals surface area contributed by atoms with Crippen molar-refractivity contribution in [1.29, 1.82) is 0 Å². The van der Waals surface area contributed by atoms with Crippen LogP contribution in [0.4, 0.5) is 11.8 Å². The van der Waals surface area contributed by atoms with Crippen LogP contribution in [0.25, 0.3) is 10.2 Å². The van der Waals surface area contributed by atoms with Crippen molar-refractivity contribution in [2.75, 3.05) is 10.9 Å². The summed E-state index contributed by atoms with van der Waals surface area (Å²) in [5.41, 5.74) is 6.35. The summed E-state index contributed by atoms with van der Waals surface area (Å²) in [5, 5.41) is 0.987. The molecule has 0 unspecified atom stereocenters. The predicted octanol–water partition coefficient (Wildman–Crippen LogP) is 1.36. The number of anilines is 2.